The lowest BCUT2D eigenvalue weighted by Crippen LogP contribution is -1.52. The van der Waals surface area contributed by atoms with E-state index in [0.29, 0.717) is 0 Å². The SMILES string of the molecule is CCC#CCC. The summed E-state index contributed by atoms with van der Waals surface area (Å²) in [6.07, 6.45) is 1.99. The summed E-state index contributed by atoms with van der Waals surface area (Å²) in [4.78, 5) is 0. The Balaban J connectivity index is 2.90. The molecule has 0 saturated heterocycles. The van der Waals surface area contributed by atoms with Crippen molar-refractivity contribution in [2.45, 2.75) is 26.7 Å². The van der Waals surface area contributed by atoms with E-state index in [4.69, 9.17) is 0 Å². The lowest BCUT2D eigenvalue weighted by molar-refractivity contribution is 1.23. The summed E-state index contributed by atoms with van der Waals surface area (Å²) < 4.78 is 0. The average molecular weight is 82.1 g/mol. The maximum Gasteiger partial charge on any atom is 0.00602 e. The van der Waals surface area contributed by atoms with Crippen LogP contribution in [0.4, 0.5) is 0 Å². The van der Waals surface area contributed by atoms with Gasteiger partial charge in [0.05, 0.1) is 0 Å². The molecule has 0 nitrogen and oxygen atoms in total. The highest BCUT2D eigenvalue weighted by Gasteiger charge is 1.56. The van der Waals surface area contributed by atoms with Gasteiger partial charge in [-0.15, -0.1) is 11.8 Å². The summed E-state index contributed by atoms with van der Waals surface area (Å²) in [7, 11) is 0. The smallest absolute Gasteiger partial charge is 0.00602 e. The van der Waals surface area contributed by atoms with E-state index in [1.54, 1.807) is 0 Å². The van der Waals surface area contributed by atoms with E-state index in [0.717, 1.165) is 12.8 Å². The predicted octanol–water partition coefficient (Wildman–Crippen LogP) is 1.81. The molecule has 0 unspecified atom stereocenters. The normalized spacial score (nSPS) is 6.33. The first-order chi connectivity index (χ1) is 2.91. The summed E-state index contributed by atoms with van der Waals surface area (Å²) >= 11 is 0. The summed E-state index contributed by atoms with van der Waals surface area (Å²) in [5, 5.41) is 0. The van der Waals surface area contributed by atoms with E-state index in [2.05, 4.69) is 25.7 Å². The Kier molecular flexibility index (Phi) is 4.23. The molecule has 34 valence electrons. The van der Waals surface area contributed by atoms with Crippen molar-refractivity contribution in [1.29, 1.82) is 0 Å². The van der Waals surface area contributed by atoms with Crippen LogP contribution in [-0.2, 0) is 0 Å². The van der Waals surface area contributed by atoms with Crippen LogP contribution >= 0.6 is 0 Å². The van der Waals surface area contributed by atoms with Crippen LogP contribution in [0.1, 0.15) is 26.7 Å². The molecule has 0 bridgehead atoms. The van der Waals surface area contributed by atoms with Gasteiger partial charge in [0.15, 0.2) is 0 Å². The third-order valence-electron chi connectivity index (χ3n) is 0.479. The van der Waals surface area contributed by atoms with Crippen molar-refractivity contribution in [3.8, 4) is 11.8 Å². The van der Waals surface area contributed by atoms with E-state index in [1.165, 1.54) is 0 Å². The summed E-state index contributed by atoms with van der Waals surface area (Å²) in [6, 6.07) is 0. The Labute approximate surface area is 39.6 Å². The van der Waals surface area contributed by atoms with Crippen LogP contribution < -0.4 is 0 Å². The molecule has 0 aliphatic rings. The van der Waals surface area contributed by atoms with Gasteiger partial charge in [0, 0.05) is 12.8 Å². The average Bonchev–Trinajstić information content (AvgIpc) is 1.61. The fourth-order valence-electron chi connectivity index (χ4n) is 0.250. The molecule has 6 heavy (non-hydrogen) atoms. The molecule has 0 aromatic heterocycles. The quantitative estimate of drug-likeness (QED) is 0.391. The Morgan fingerprint density at radius 3 is 1.50 bits per heavy atom. The molecule has 0 radical (unpaired) electrons. The Morgan fingerprint density at radius 1 is 1.00 bits per heavy atom. The van der Waals surface area contributed by atoms with Gasteiger partial charge in [-0.05, 0) is 0 Å². The van der Waals surface area contributed by atoms with E-state index in [9.17, 15) is 0 Å². The number of rotatable bonds is 0. The second-order valence-electron chi connectivity index (χ2n) is 1.06. The van der Waals surface area contributed by atoms with Crippen molar-refractivity contribution in [3.05, 3.63) is 0 Å². The zero-order chi connectivity index (χ0) is 4.83. The highest BCUT2D eigenvalue weighted by Crippen LogP contribution is 1.69. The number of hydrogen-bond donors (Lipinski definition) is 0. The molecule has 0 rings (SSSR count). The number of hydrogen-bond acceptors (Lipinski definition) is 0. The minimum Gasteiger partial charge on any atom is -0.104 e. The van der Waals surface area contributed by atoms with Crippen molar-refractivity contribution < 1.29 is 0 Å². The minimum atomic E-state index is 0.994. The van der Waals surface area contributed by atoms with Gasteiger partial charge in [0.2, 0.25) is 0 Å². The van der Waals surface area contributed by atoms with E-state index in [-0.39, 0.29) is 0 Å². The molecular formula is C6H10. The maximum atomic E-state index is 2.95. The summed E-state index contributed by atoms with van der Waals surface area (Å²) in [6.45, 7) is 4.12. The van der Waals surface area contributed by atoms with Gasteiger partial charge in [-0.1, -0.05) is 13.8 Å². The van der Waals surface area contributed by atoms with Crippen LogP contribution in [0.3, 0.4) is 0 Å². The molecule has 0 aliphatic carbocycles. The first kappa shape index (κ1) is 5.56. The van der Waals surface area contributed by atoms with Crippen molar-refractivity contribution in [1.82, 2.24) is 0 Å². The van der Waals surface area contributed by atoms with Crippen LogP contribution in [0.25, 0.3) is 0 Å². The zero-order valence-electron chi connectivity index (χ0n) is 4.41. The van der Waals surface area contributed by atoms with Crippen LogP contribution in [0.2, 0.25) is 0 Å². The summed E-state index contributed by atoms with van der Waals surface area (Å²) in [5.74, 6) is 5.90. The molecule has 0 aromatic carbocycles. The van der Waals surface area contributed by atoms with Gasteiger partial charge in [-0.2, -0.15) is 0 Å². The fourth-order valence-corrected chi connectivity index (χ4v) is 0.250. The highest BCUT2D eigenvalue weighted by atomic mass is 13.6. The maximum absolute atomic E-state index is 2.95. The van der Waals surface area contributed by atoms with Crippen molar-refractivity contribution in [3.63, 3.8) is 0 Å². The molecule has 0 heterocycles. The first-order valence-electron chi connectivity index (χ1n) is 2.37. The van der Waals surface area contributed by atoms with Crippen LogP contribution in [0, 0.1) is 11.8 Å². The Bertz CT molecular complexity index is 53.8. The van der Waals surface area contributed by atoms with Crippen molar-refractivity contribution in [2.75, 3.05) is 0 Å². The third-order valence-corrected chi connectivity index (χ3v) is 0.479. The largest absolute Gasteiger partial charge is 0.104 e. The van der Waals surface area contributed by atoms with Crippen LogP contribution in [0.5, 0.6) is 0 Å². The van der Waals surface area contributed by atoms with Gasteiger partial charge in [-0.3, -0.25) is 0 Å². The molecule has 0 heteroatoms. The molecule has 0 atom stereocenters. The van der Waals surface area contributed by atoms with Crippen LogP contribution in [0.15, 0.2) is 0 Å². The lowest BCUT2D eigenvalue weighted by atomic mass is 10.4. The lowest BCUT2D eigenvalue weighted by Gasteiger charge is -1.65. The van der Waals surface area contributed by atoms with Gasteiger partial charge in [0.1, 0.15) is 0 Å². The van der Waals surface area contributed by atoms with Crippen molar-refractivity contribution in [2.24, 2.45) is 0 Å². The van der Waals surface area contributed by atoms with E-state index < -0.39 is 0 Å². The molecule has 0 aliphatic heterocycles. The minimum absolute atomic E-state index is 0.994. The molecular weight excluding hydrogens is 72.1 g/mol. The highest BCUT2D eigenvalue weighted by molar-refractivity contribution is 4.96. The fraction of sp³-hybridized carbons (Fsp3) is 0.667. The zero-order valence-corrected chi connectivity index (χ0v) is 4.41. The van der Waals surface area contributed by atoms with Gasteiger partial charge >= 0.3 is 0 Å². The molecule has 0 amide bonds. The molecule has 0 N–H and O–H groups in total. The summed E-state index contributed by atoms with van der Waals surface area (Å²) in [5.41, 5.74) is 0. The molecule has 0 saturated carbocycles. The van der Waals surface area contributed by atoms with Crippen LogP contribution in [-0.4, -0.2) is 0 Å². The molecule has 0 spiro atoms. The van der Waals surface area contributed by atoms with Gasteiger partial charge in [-0.25, -0.2) is 0 Å². The topological polar surface area (TPSA) is 0 Å². The Morgan fingerprint density at radius 2 is 1.33 bits per heavy atom. The van der Waals surface area contributed by atoms with Crippen molar-refractivity contribution >= 4 is 0 Å². The van der Waals surface area contributed by atoms with Gasteiger partial charge in [0.25, 0.3) is 0 Å². The van der Waals surface area contributed by atoms with E-state index in [1.807, 2.05) is 0 Å². The first-order valence-corrected chi connectivity index (χ1v) is 2.37. The predicted molar refractivity (Wildman–Crippen MR) is 28.4 cm³/mol. The second kappa shape index (κ2) is 4.56. The molecule has 0 fully saturated rings. The molecule has 0 aromatic rings. The van der Waals surface area contributed by atoms with E-state index >= 15 is 0 Å². The third kappa shape index (κ3) is 3.56. The standard InChI is InChI=1S/C6H10/c1-3-5-6-4-2/h3-4H2,1-2H3. The second-order valence-corrected chi connectivity index (χ2v) is 1.06. The Hall–Kier alpha value is -0.440. The monoisotopic (exact) mass is 82.1 g/mol. The van der Waals surface area contributed by atoms with Gasteiger partial charge < -0.3 is 0 Å².